The third-order valence-corrected chi connectivity index (χ3v) is 3.89. The number of ether oxygens (including phenoxy) is 1. The number of nitrogens with zero attached hydrogens (tertiary/aromatic N) is 1. The lowest BCUT2D eigenvalue weighted by Gasteiger charge is -2.21. The quantitative estimate of drug-likeness (QED) is 0.804. The summed E-state index contributed by atoms with van der Waals surface area (Å²) in [6.45, 7) is 2.22. The molecule has 0 saturated carbocycles. The molecule has 1 heterocycles. The van der Waals surface area contributed by atoms with Gasteiger partial charge in [-0.3, -0.25) is 9.59 Å². The van der Waals surface area contributed by atoms with Gasteiger partial charge in [0.1, 0.15) is 5.75 Å². The lowest BCUT2D eigenvalue weighted by Crippen LogP contribution is -2.40. The molecule has 2 rings (SSSR count). The summed E-state index contributed by atoms with van der Waals surface area (Å²) < 4.78 is 5.48. The summed E-state index contributed by atoms with van der Waals surface area (Å²) in [4.78, 5) is 25.1. The average Bonchev–Trinajstić information content (AvgIpc) is 2.58. The highest BCUT2D eigenvalue weighted by Gasteiger charge is 2.20. The van der Waals surface area contributed by atoms with Gasteiger partial charge in [-0.2, -0.15) is 0 Å². The predicted octanol–water partition coefficient (Wildman–Crippen LogP) is 1.19. The van der Waals surface area contributed by atoms with Gasteiger partial charge in [0, 0.05) is 27.2 Å². The zero-order chi connectivity index (χ0) is 16.7. The number of amides is 2. The number of carbonyl (C=O) groups excluding carboxylic acids is 2. The maximum absolute atomic E-state index is 12.1. The van der Waals surface area contributed by atoms with Crippen LogP contribution in [-0.4, -0.2) is 50.5 Å². The Morgan fingerprint density at radius 1 is 1.38 bits per heavy atom. The van der Waals surface area contributed by atoms with E-state index in [0.717, 1.165) is 31.5 Å². The molecule has 2 amide bonds. The van der Waals surface area contributed by atoms with Crippen molar-refractivity contribution in [3.63, 3.8) is 0 Å². The average molecular weight is 356 g/mol. The highest BCUT2D eigenvalue weighted by atomic mass is 35.5. The van der Waals surface area contributed by atoms with Crippen molar-refractivity contribution >= 4 is 24.2 Å². The topological polar surface area (TPSA) is 70.7 Å². The second kappa shape index (κ2) is 10.2. The molecule has 2 N–H and O–H groups in total. The van der Waals surface area contributed by atoms with Gasteiger partial charge in [-0.15, -0.1) is 12.4 Å². The SMILES string of the molecule is CN(C)C(=O)COc1cccc(CNC(=O)C2CCCNC2)c1.Cl. The van der Waals surface area contributed by atoms with Crippen molar-refractivity contribution in [2.45, 2.75) is 19.4 Å². The van der Waals surface area contributed by atoms with Gasteiger partial charge >= 0.3 is 0 Å². The van der Waals surface area contributed by atoms with Gasteiger partial charge in [-0.25, -0.2) is 0 Å². The van der Waals surface area contributed by atoms with Crippen LogP contribution in [0.25, 0.3) is 0 Å². The Kier molecular flexibility index (Phi) is 8.57. The van der Waals surface area contributed by atoms with Crippen molar-refractivity contribution in [1.29, 1.82) is 0 Å². The summed E-state index contributed by atoms with van der Waals surface area (Å²) >= 11 is 0. The maximum atomic E-state index is 12.1. The minimum absolute atomic E-state index is 0. The minimum atomic E-state index is -0.0893. The first-order valence-electron chi connectivity index (χ1n) is 7.96. The number of halogens is 1. The summed E-state index contributed by atoms with van der Waals surface area (Å²) in [7, 11) is 3.38. The summed E-state index contributed by atoms with van der Waals surface area (Å²) in [5.74, 6) is 0.687. The molecular weight excluding hydrogens is 330 g/mol. The fourth-order valence-corrected chi connectivity index (χ4v) is 2.43. The number of piperidine rings is 1. The third-order valence-electron chi connectivity index (χ3n) is 3.89. The second-order valence-electron chi connectivity index (χ2n) is 5.99. The van der Waals surface area contributed by atoms with Crippen LogP contribution in [0.2, 0.25) is 0 Å². The molecule has 6 nitrogen and oxygen atoms in total. The van der Waals surface area contributed by atoms with E-state index in [1.807, 2.05) is 18.2 Å². The number of rotatable bonds is 6. The molecule has 24 heavy (non-hydrogen) atoms. The van der Waals surface area contributed by atoms with Crippen molar-refractivity contribution in [1.82, 2.24) is 15.5 Å². The van der Waals surface area contributed by atoms with E-state index in [-0.39, 0.29) is 36.7 Å². The van der Waals surface area contributed by atoms with E-state index in [9.17, 15) is 9.59 Å². The van der Waals surface area contributed by atoms with Gasteiger partial charge in [0.05, 0.1) is 5.92 Å². The molecule has 1 aromatic rings. The molecule has 1 aliphatic rings. The number of likely N-dealkylation sites (N-methyl/N-ethyl adjacent to an activating group) is 1. The Morgan fingerprint density at radius 2 is 2.17 bits per heavy atom. The minimum Gasteiger partial charge on any atom is -0.484 e. The lowest BCUT2D eigenvalue weighted by atomic mass is 9.99. The number of hydrogen-bond acceptors (Lipinski definition) is 4. The Bertz CT molecular complexity index is 546. The Balaban J connectivity index is 0.00000288. The van der Waals surface area contributed by atoms with Crippen molar-refractivity contribution in [2.75, 3.05) is 33.8 Å². The molecule has 134 valence electrons. The van der Waals surface area contributed by atoms with Crippen LogP contribution in [0.3, 0.4) is 0 Å². The van der Waals surface area contributed by atoms with Gasteiger partial charge in [-0.05, 0) is 37.1 Å². The molecular formula is C17H26ClN3O3. The van der Waals surface area contributed by atoms with Crippen LogP contribution in [0.1, 0.15) is 18.4 Å². The lowest BCUT2D eigenvalue weighted by molar-refractivity contribution is -0.130. The van der Waals surface area contributed by atoms with E-state index < -0.39 is 0 Å². The molecule has 0 spiro atoms. The summed E-state index contributed by atoms with van der Waals surface area (Å²) in [6, 6.07) is 7.45. The van der Waals surface area contributed by atoms with Gasteiger partial charge in [0.15, 0.2) is 6.61 Å². The Morgan fingerprint density at radius 3 is 2.83 bits per heavy atom. The Hall–Kier alpha value is -1.79. The normalized spacial score (nSPS) is 16.7. The van der Waals surface area contributed by atoms with Crippen LogP contribution < -0.4 is 15.4 Å². The first kappa shape index (κ1) is 20.3. The standard InChI is InChI=1S/C17H25N3O3.ClH/c1-20(2)16(21)12-23-15-7-3-5-13(9-15)10-19-17(22)14-6-4-8-18-11-14;/h3,5,7,9,14,18H,4,6,8,10-12H2,1-2H3,(H,19,22);1H. The van der Waals surface area contributed by atoms with E-state index in [1.54, 1.807) is 20.2 Å². The van der Waals surface area contributed by atoms with E-state index in [1.165, 1.54) is 4.90 Å². The zero-order valence-corrected chi connectivity index (χ0v) is 15.0. The van der Waals surface area contributed by atoms with Crippen molar-refractivity contribution in [2.24, 2.45) is 5.92 Å². The Labute approximate surface area is 149 Å². The highest BCUT2D eigenvalue weighted by Crippen LogP contribution is 2.14. The largest absolute Gasteiger partial charge is 0.484 e. The summed E-state index contributed by atoms with van der Waals surface area (Å²) in [5.41, 5.74) is 0.955. The van der Waals surface area contributed by atoms with Crippen molar-refractivity contribution in [3.05, 3.63) is 29.8 Å². The molecule has 0 radical (unpaired) electrons. The van der Waals surface area contributed by atoms with Gasteiger partial charge in [0.25, 0.3) is 5.91 Å². The van der Waals surface area contributed by atoms with E-state index >= 15 is 0 Å². The predicted molar refractivity (Wildman–Crippen MR) is 95.3 cm³/mol. The summed E-state index contributed by atoms with van der Waals surface area (Å²) in [6.07, 6.45) is 1.98. The van der Waals surface area contributed by atoms with Crippen LogP contribution in [0.4, 0.5) is 0 Å². The van der Waals surface area contributed by atoms with E-state index in [0.29, 0.717) is 12.3 Å². The molecule has 0 bridgehead atoms. The molecule has 1 aliphatic heterocycles. The van der Waals surface area contributed by atoms with E-state index in [2.05, 4.69) is 10.6 Å². The highest BCUT2D eigenvalue weighted by molar-refractivity contribution is 5.85. The number of benzene rings is 1. The van der Waals surface area contributed by atoms with Crippen molar-refractivity contribution in [3.8, 4) is 5.75 Å². The smallest absolute Gasteiger partial charge is 0.259 e. The van der Waals surface area contributed by atoms with Gasteiger partial charge in [-0.1, -0.05) is 12.1 Å². The van der Waals surface area contributed by atoms with Crippen LogP contribution in [-0.2, 0) is 16.1 Å². The fraction of sp³-hybridized carbons (Fsp3) is 0.529. The second-order valence-corrected chi connectivity index (χ2v) is 5.99. The number of hydrogen-bond donors (Lipinski definition) is 2. The summed E-state index contributed by atoms with van der Waals surface area (Å²) in [5, 5.41) is 6.21. The molecule has 0 aliphatic carbocycles. The van der Waals surface area contributed by atoms with Crippen LogP contribution >= 0.6 is 12.4 Å². The zero-order valence-electron chi connectivity index (χ0n) is 14.2. The van der Waals surface area contributed by atoms with Gasteiger partial charge in [0.2, 0.25) is 5.91 Å². The van der Waals surface area contributed by atoms with Crippen molar-refractivity contribution < 1.29 is 14.3 Å². The third kappa shape index (κ3) is 6.37. The van der Waals surface area contributed by atoms with Crippen LogP contribution in [0.5, 0.6) is 5.75 Å². The maximum Gasteiger partial charge on any atom is 0.259 e. The molecule has 7 heteroatoms. The van der Waals surface area contributed by atoms with Crippen LogP contribution in [0.15, 0.2) is 24.3 Å². The molecule has 0 aromatic heterocycles. The van der Waals surface area contributed by atoms with Gasteiger partial charge < -0.3 is 20.3 Å². The first-order valence-corrected chi connectivity index (χ1v) is 7.96. The van der Waals surface area contributed by atoms with E-state index in [4.69, 9.17) is 4.74 Å². The number of carbonyl (C=O) groups is 2. The van der Waals surface area contributed by atoms with Crippen LogP contribution in [0, 0.1) is 5.92 Å². The molecule has 1 fully saturated rings. The monoisotopic (exact) mass is 355 g/mol. The number of nitrogens with one attached hydrogen (secondary N) is 2. The first-order chi connectivity index (χ1) is 11.1. The molecule has 1 saturated heterocycles. The molecule has 1 aromatic carbocycles. The molecule has 1 unspecified atom stereocenters. The fourth-order valence-electron chi connectivity index (χ4n) is 2.43. The molecule has 1 atom stereocenters.